The fraction of sp³-hybridized carbons (Fsp3) is 0.286. The van der Waals surface area contributed by atoms with Gasteiger partial charge in [-0.2, -0.15) is 4.98 Å². The molecular formula is C7H7ClN4O. The second-order valence-corrected chi connectivity index (χ2v) is 2.79. The zero-order valence-electron chi connectivity index (χ0n) is 6.72. The first-order valence-corrected chi connectivity index (χ1v) is 4.24. The molecule has 13 heavy (non-hydrogen) atoms. The molecule has 0 aliphatic heterocycles. The first kappa shape index (κ1) is 8.25. The Morgan fingerprint density at radius 2 is 2.38 bits per heavy atom. The van der Waals surface area contributed by atoms with Crippen LogP contribution in [0.3, 0.4) is 0 Å². The average molecular weight is 199 g/mol. The number of halogens is 1. The highest BCUT2D eigenvalue weighted by molar-refractivity contribution is 6.16. The van der Waals surface area contributed by atoms with E-state index in [0.29, 0.717) is 18.2 Å². The molecule has 0 bridgehead atoms. The van der Waals surface area contributed by atoms with Crippen LogP contribution in [0.25, 0.3) is 0 Å². The van der Waals surface area contributed by atoms with E-state index >= 15 is 0 Å². The highest BCUT2D eigenvalue weighted by atomic mass is 35.5. The predicted molar refractivity (Wildman–Crippen MR) is 45.2 cm³/mol. The van der Waals surface area contributed by atoms with Gasteiger partial charge < -0.3 is 9.09 Å². The summed E-state index contributed by atoms with van der Waals surface area (Å²) in [6.45, 7) is 0.556. The third kappa shape index (κ3) is 1.86. The van der Waals surface area contributed by atoms with Gasteiger partial charge in [-0.1, -0.05) is 5.16 Å². The molecule has 6 heteroatoms. The largest absolute Gasteiger partial charge is 0.343 e. The minimum atomic E-state index is 0.416. The Hall–Kier alpha value is -1.36. The molecule has 2 heterocycles. The number of hydrogen-bond donors (Lipinski definition) is 0. The average Bonchev–Trinajstić information content (AvgIpc) is 2.76. The molecule has 0 unspecified atom stereocenters. The van der Waals surface area contributed by atoms with Crippen molar-refractivity contribution in [1.29, 1.82) is 0 Å². The van der Waals surface area contributed by atoms with Gasteiger partial charge in [0.2, 0.25) is 6.39 Å². The van der Waals surface area contributed by atoms with Gasteiger partial charge >= 0.3 is 0 Å². The maximum absolute atomic E-state index is 5.60. The Morgan fingerprint density at radius 1 is 1.46 bits per heavy atom. The Morgan fingerprint density at radius 3 is 3.00 bits per heavy atom. The van der Waals surface area contributed by atoms with Crippen molar-refractivity contribution in [2.45, 2.75) is 12.4 Å². The van der Waals surface area contributed by atoms with Crippen molar-refractivity contribution in [3.05, 3.63) is 30.4 Å². The minimum Gasteiger partial charge on any atom is -0.343 e. The van der Waals surface area contributed by atoms with Gasteiger partial charge in [-0.25, -0.2) is 4.98 Å². The Labute approximate surface area is 79.3 Å². The molecule has 0 aliphatic carbocycles. The van der Waals surface area contributed by atoms with Crippen LogP contribution >= 0.6 is 11.6 Å². The van der Waals surface area contributed by atoms with Crippen molar-refractivity contribution < 1.29 is 4.52 Å². The second-order valence-electron chi connectivity index (χ2n) is 2.52. The van der Waals surface area contributed by atoms with Crippen molar-refractivity contribution in [3.63, 3.8) is 0 Å². The zero-order valence-corrected chi connectivity index (χ0v) is 7.48. The van der Waals surface area contributed by atoms with Crippen molar-refractivity contribution in [2.75, 3.05) is 0 Å². The summed E-state index contributed by atoms with van der Waals surface area (Å²) in [4.78, 5) is 7.95. The molecule has 0 saturated heterocycles. The normalized spacial score (nSPS) is 10.5. The molecule has 0 spiro atoms. The number of rotatable bonds is 3. The molecule has 0 amide bonds. The van der Waals surface area contributed by atoms with Gasteiger partial charge in [0.25, 0.3) is 0 Å². The number of alkyl halides is 1. The van der Waals surface area contributed by atoms with Crippen LogP contribution in [0, 0.1) is 0 Å². The summed E-state index contributed by atoms with van der Waals surface area (Å²) in [7, 11) is 0. The number of nitrogens with zero attached hydrogens (tertiary/aromatic N) is 4. The van der Waals surface area contributed by atoms with Crippen LogP contribution in [-0.4, -0.2) is 19.7 Å². The molecule has 5 nitrogen and oxygen atoms in total. The summed E-state index contributed by atoms with van der Waals surface area (Å²) in [5.74, 6) is 1.04. The summed E-state index contributed by atoms with van der Waals surface area (Å²) < 4.78 is 6.45. The van der Waals surface area contributed by atoms with Crippen molar-refractivity contribution in [1.82, 2.24) is 19.7 Å². The van der Waals surface area contributed by atoms with E-state index in [1.165, 1.54) is 6.39 Å². The fourth-order valence-electron chi connectivity index (χ4n) is 0.987. The number of hydrogen-bond acceptors (Lipinski definition) is 4. The highest BCUT2D eigenvalue weighted by Gasteiger charge is 2.01. The van der Waals surface area contributed by atoms with Gasteiger partial charge in [0.1, 0.15) is 0 Å². The smallest absolute Gasteiger partial charge is 0.213 e. The van der Waals surface area contributed by atoms with Gasteiger partial charge in [-0.15, -0.1) is 11.6 Å². The number of aromatic nitrogens is 4. The lowest BCUT2D eigenvalue weighted by Crippen LogP contribution is -1.97. The lowest BCUT2D eigenvalue weighted by Gasteiger charge is -1.93. The Bertz CT molecular complexity index is 370. The molecule has 0 atom stereocenters. The van der Waals surface area contributed by atoms with Crippen molar-refractivity contribution in [2.24, 2.45) is 0 Å². The van der Waals surface area contributed by atoms with E-state index in [1.54, 1.807) is 6.33 Å². The summed E-state index contributed by atoms with van der Waals surface area (Å²) in [6, 6.07) is 0. The van der Waals surface area contributed by atoms with Crippen molar-refractivity contribution in [3.8, 4) is 0 Å². The van der Waals surface area contributed by atoms with E-state index in [1.807, 2.05) is 10.8 Å². The van der Waals surface area contributed by atoms with E-state index in [9.17, 15) is 0 Å². The zero-order chi connectivity index (χ0) is 9.10. The van der Waals surface area contributed by atoms with E-state index in [4.69, 9.17) is 11.6 Å². The molecule has 0 aliphatic rings. The first-order chi connectivity index (χ1) is 6.38. The maximum atomic E-state index is 5.60. The van der Waals surface area contributed by atoms with E-state index in [-0.39, 0.29) is 0 Å². The van der Waals surface area contributed by atoms with E-state index < -0.39 is 0 Å². The molecule has 68 valence electrons. The van der Waals surface area contributed by atoms with Gasteiger partial charge in [0, 0.05) is 6.20 Å². The molecule has 2 aromatic rings. The summed E-state index contributed by atoms with van der Waals surface area (Å²) in [5, 5.41) is 3.68. The molecule has 0 fully saturated rings. The third-order valence-electron chi connectivity index (χ3n) is 1.55. The summed E-state index contributed by atoms with van der Waals surface area (Å²) >= 11 is 5.60. The quantitative estimate of drug-likeness (QED) is 0.692. The van der Waals surface area contributed by atoms with Crippen LogP contribution in [-0.2, 0) is 12.4 Å². The standard InChI is InChI=1S/C7H7ClN4O/c8-1-6-2-12(4-9-6)3-7-10-5-13-11-7/h2,4-5H,1,3H2. The Kier molecular flexibility index (Phi) is 2.27. The molecule has 0 radical (unpaired) electrons. The summed E-state index contributed by atoms with van der Waals surface area (Å²) in [6.07, 6.45) is 4.84. The molecule has 2 rings (SSSR count). The van der Waals surface area contributed by atoms with Crippen molar-refractivity contribution >= 4 is 11.6 Å². The minimum absolute atomic E-state index is 0.416. The van der Waals surface area contributed by atoms with Crippen LogP contribution in [0.2, 0.25) is 0 Å². The Balaban J connectivity index is 2.10. The summed E-state index contributed by atoms with van der Waals surface area (Å²) in [5.41, 5.74) is 0.838. The molecule has 0 N–H and O–H groups in total. The predicted octanol–water partition coefficient (Wildman–Crippen LogP) is 1.05. The number of imidazole rings is 1. The molecule has 0 saturated carbocycles. The lowest BCUT2D eigenvalue weighted by molar-refractivity contribution is 0.408. The highest BCUT2D eigenvalue weighted by Crippen LogP contribution is 2.01. The van der Waals surface area contributed by atoms with Gasteiger partial charge in [-0.05, 0) is 0 Å². The topological polar surface area (TPSA) is 56.7 Å². The third-order valence-corrected chi connectivity index (χ3v) is 1.83. The van der Waals surface area contributed by atoms with E-state index in [0.717, 1.165) is 5.69 Å². The van der Waals surface area contributed by atoms with Gasteiger partial charge in [0.05, 0.1) is 24.4 Å². The van der Waals surface area contributed by atoms with Gasteiger partial charge in [-0.3, -0.25) is 0 Å². The fourth-order valence-corrected chi connectivity index (χ4v) is 1.13. The van der Waals surface area contributed by atoms with Crippen LogP contribution in [0.4, 0.5) is 0 Å². The maximum Gasteiger partial charge on any atom is 0.213 e. The molecule has 0 aromatic carbocycles. The lowest BCUT2D eigenvalue weighted by atomic mass is 10.5. The van der Waals surface area contributed by atoms with E-state index in [2.05, 4.69) is 19.6 Å². The van der Waals surface area contributed by atoms with Crippen LogP contribution in [0.5, 0.6) is 0 Å². The molecular weight excluding hydrogens is 192 g/mol. The van der Waals surface area contributed by atoms with Crippen LogP contribution < -0.4 is 0 Å². The monoisotopic (exact) mass is 198 g/mol. The van der Waals surface area contributed by atoms with Gasteiger partial charge in [0.15, 0.2) is 5.82 Å². The SMILES string of the molecule is ClCc1cn(Cc2ncon2)cn1. The molecule has 2 aromatic heterocycles. The first-order valence-electron chi connectivity index (χ1n) is 3.70. The second kappa shape index (κ2) is 3.57. The van der Waals surface area contributed by atoms with Crippen LogP contribution in [0.1, 0.15) is 11.5 Å². The van der Waals surface area contributed by atoms with Crippen LogP contribution in [0.15, 0.2) is 23.4 Å².